The molecule has 0 radical (unpaired) electrons. The zero-order valence-corrected chi connectivity index (χ0v) is 14.4. The molecule has 3 rings (SSSR count). The van der Waals surface area contributed by atoms with E-state index >= 15 is 0 Å². The summed E-state index contributed by atoms with van der Waals surface area (Å²) in [6.45, 7) is 5.05. The first-order valence-corrected chi connectivity index (χ1v) is 8.07. The molecule has 2 atom stereocenters. The molecule has 2 heterocycles. The van der Waals surface area contributed by atoms with Crippen LogP contribution in [-0.2, 0) is 13.0 Å². The first-order chi connectivity index (χ1) is 11.6. The Morgan fingerprint density at radius 1 is 1.33 bits per heavy atom. The minimum atomic E-state index is -0.671. The third kappa shape index (κ3) is 2.85. The molecule has 0 saturated heterocycles. The number of hydrogen-bond acceptors (Lipinski definition) is 7. The highest BCUT2D eigenvalue weighted by atomic mass is 16.5. The first-order valence-electron chi connectivity index (χ1n) is 8.07. The van der Waals surface area contributed by atoms with Gasteiger partial charge in [-0.3, -0.25) is 4.90 Å². The SMILES string of the molecule is CCc1noc(C(C)N2Cc3c(OC)ccc(OC)c3C(O)C2)n1. The van der Waals surface area contributed by atoms with Crippen LogP contribution in [0.3, 0.4) is 0 Å². The fourth-order valence-electron chi connectivity index (χ4n) is 3.13. The second-order valence-corrected chi connectivity index (χ2v) is 5.89. The van der Waals surface area contributed by atoms with Gasteiger partial charge < -0.3 is 19.1 Å². The Hall–Kier alpha value is -2.12. The molecule has 0 aliphatic carbocycles. The van der Waals surface area contributed by atoms with E-state index in [-0.39, 0.29) is 6.04 Å². The summed E-state index contributed by atoms with van der Waals surface area (Å²) >= 11 is 0. The first kappa shape index (κ1) is 16.7. The van der Waals surface area contributed by atoms with Gasteiger partial charge in [0.25, 0.3) is 0 Å². The number of aliphatic hydroxyl groups excluding tert-OH is 1. The van der Waals surface area contributed by atoms with Crippen molar-refractivity contribution in [3.05, 3.63) is 35.0 Å². The van der Waals surface area contributed by atoms with E-state index in [4.69, 9.17) is 14.0 Å². The molecular weight excluding hydrogens is 310 g/mol. The molecule has 1 aromatic heterocycles. The van der Waals surface area contributed by atoms with Crippen LogP contribution in [0, 0.1) is 0 Å². The van der Waals surface area contributed by atoms with Gasteiger partial charge in [0.15, 0.2) is 5.82 Å². The third-order valence-corrected chi connectivity index (χ3v) is 4.52. The molecule has 0 saturated carbocycles. The van der Waals surface area contributed by atoms with Gasteiger partial charge in [0.1, 0.15) is 11.5 Å². The molecule has 24 heavy (non-hydrogen) atoms. The number of benzene rings is 1. The van der Waals surface area contributed by atoms with Crippen molar-refractivity contribution in [2.45, 2.75) is 39.0 Å². The third-order valence-electron chi connectivity index (χ3n) is 4.52. The number of aromatic nitrogens is 2. The summed E-state index contributed by atoms with van der Waals surface area (Å²) < 4.78 is 16.2. The van der Waals surface area contributed by atoms with Gasteiger partial charge in [0.05, 0.1) is 26.4 Å². The van der Waals surface area contributed by atoms with E-state index in [1.54, 1.807) is 14.2 Å². The van der Waals surface area contributed by atoms with E-state index in [0.29, 0.717) is 30.6 Å². The van der Waals surface area contributed by atoms with E-state index in [1.165, 1.54) is 0 Å². The summed E-state index contributed by atoms with van der Waals surface area (Å²) in [7, 11) is 3.23. The Labute approximate surface area is 141 Å². The number of hydrogen-bond donors (Lipinski definition) is 1. The number of β-amino-alcohol motifs (C(OH)–C–C–N with tert-alkyl or cyclic N) is 1. The Kier molecular flexibility index (Phi) is 4.73. The summed E-state index contributed by atoms with van der Waals surface area (Å²) in [4.78, 5) is 6.50. The lowest BCUT2D eigenvalue weighted by Gasteiger charge is -2.36. The highest BCUT2D eigenvalue weighted by Crippen LogP contribution is 2.41. The normalized spacial score (nSPS) is 19.0. The van der Waals surface area contributed by atoms with Crippen LogP contribution in [0.1, 0.15) is 48.8 Å². The summed E-state index contributed by atoms with van der Waals surface area (Å²) in [5, 5.41) is 14.6. The van der Waals surface area contributed by atoms with Crippen LogP contribution in [0.5, 0.6) is 11.5 Å². The number of aliphatic hydroxyl groups is 1. The van der Waals surface area contributed by atoms with Crippen LogP contribution < -0.4 is 9.47 Å². The molecule has 1 N–H and O–H groups in total. The van der Waals surface area contributed by atoms with E-state index in [1.807, 2.05) is 26.0 Å². The minimum absolute atomic E-state index is 0.100. The maximum atomic E-state index is 10.7. The van der Waals surface area contributed by atoms with Crippen molar-refractivity contribution in [1.82, 2.24) is 15.0 Å². The van der Waals surface area contributed by atoms with Crippen LogP contribution in [0.15, 0.2) is 16.7 Å². The molecule has 0 bridgehead atoms. The van der Waals surface area contributed by atoms with E-state index < -0.39 is 6.10 Å². The van der Waals surface area contributed by atoms with E-state index in [9.17, 15) is 5.11 Å². The monoisotopic (exact) mass is 333 g/mol. The Bertz CT molecular complexity index is 716. The zero-order chi connectivity index (χ0) is 17.3. The van der Waals surface area contributed by atoms with Crippen LogP contribution in [0.25, 0.3) is 0 Å². The minimum Gasteiger partial charge on any atom is -0.496 e. The summed E-state index contributed by atoms with van der Waals surface area (Å²) in [6, 6.07) is 3.59. The average Bonchev–Trinajstić information content (AvgIpc) is 3.09. The molecule has 2 aromatic rings. The lowest BCUT2D eigenvalue weighted by molar-refractivity contribution is 0.0567. The predicted molar refractivity (Wildman–Crippen MR) is 87.0 cm³/mol. The standard InChI is InChI=1S/C17H23N3O4/c1-5-15-18-17(24-19-15)10(2)20-8-11-13(22-3)6-7-14(23-4)16(11)12(21)9-20/h6-7,10,12,21H,5,8-9H2,1-4H3. The Morgan fingerprint density at radius 3 is 2.67 bits per heavy atom. The smallest absolute Gasteiger partial charge is 0.243 e. The van der Waals surface area contributed by atoms with Crippen LogP contribution >= 0.6 is 0 Å². The van der Waals surface area contributed by atoms with Crippen molar-refractivity contribution >= 4 is 0 Å². The molecule has 1 aromatic carbocycles. The quantitative estimate of drug-likeness (QED) is 0.899. The maximum Gasteiger partial charge on any atom is 0.243 e. The van der Waals surface area contributed by atoms with Crippen molar-refractivity contribution in [2.24, 2.45) is 0 Å². The van der Waals surface area contributed by atoms with Crippen molar-refractivity contribution in [2.75, 3.05) is 20.8 Å². The summed E-state index contributed by atoms with van der Waals surface area (Å²) in [5.74, 6) is 2.66. The van der Waals surface area contributed by atoms with Gasteiger partial charge in [-0.15, -0.1) is 0 Å². The molecule has 7 heteroatoms. The van der Waals surface area contributed by atoms with E-state index in [2.05, 4.69) is 15.0 Å². The van der Waals surface area contributed by atoms with Crippen LogP contribution in [-0.4, -0.2) is 40.9 Å². The highest BCUT2D eigenvalue weighted by molar-refractivity contribution is 5.51. The number of rotatable bonds is 5. The van der Waals surface area contributed by atoms with Gasteiger partial charge in [-0.05, 0) is 19.1 Å². The number of methoxy groups -OCH3 is 2. The lowest BCUT2D eigenvalue weighted by atomic mass is 9.94. The number of ether oxygens (including phenoxy) is 2. The second-order valence-electron chi connectivity index (χ2n) is 5.89. The summed E-state index contributed by atoms with van der Waals surface area (Å²) in [5.41, 5.74) is 1.72. The van der Waals surface area contributed by atoms with Crippen molar-refractivity contribution < 1.29 is 19.1 Å². The van der Waals surface area contributed by atoms with Crippen molar-refractivity contribution in [3.8, 4) is 11.5 Å². The number of aryl methyl sites for hydroxylation is 1. The molecule has 0 amide bonds. The second kappa shape index (κ2) is 6.78. The molecule has 0 spiro atoms. The molecular formula is C17H23N3O4. The van der Waals surface area contributed by atoms with Gasteiger partial charge in [-0.2, -0.15) is 4.98 Å². The molecule has 130 valence electrons. The number of fused-ring (bicyclic) bond motifs is 1. The highest BCUT2D eigenvalue weighted by Gasteiger charge is 2.33. The zero-order valence-electron chi connectivity index (χ0n) is 14.4. The maximum absolute atomic E-state index is 10.7. The number of nitrogens with zero attached hydrogens (tertiary/aromatic N) is 3. The molecule has 0 fully saturated rings. The average molecular weight is 333 g/mol. The Morgan fingerprint density at radius 2 is 2.04 bits per heavy atom. The van der Waals surface area contributed by atoms with Gasteiger partial charge in [0.2, 0.25) is 5.89 Å². The van der Waals surface area contributed by atoms with Crippen molar-refractivity contribution in [1.29, 1.82) is 0 Å². The van der Waals surface area contributed by atoms with Gasteiger partial charge in [-0.1, -0.05) is 12.1 Å². The predicted octanol–water partition coefficient (Wildman–Crippen LogP) is 2.26. The Balaban J connectivity index is 1.93. The van der Waals surface area contributed by atoms with Crippen LogP contribution in [0.4, 0.5) is 0 Å². The fraction of sp³-hybridized carbons (Fsp3) is 0.529. The van der Waals surface area contributed by atoms with Gasteiger partial charge in [-0.25, -0.2) is 0 Å². The molecule has 1 aliphatic heterocycles. The fourth-order valence-corrected chi connectivity index (χ4v) is 3.13. The van der Waals surface area contributed by atoms with Crippen LogP contribution in [0.2, 0.25) is 0 Å². The lowest BCUT2D eigenvalue weighted by Crippen LogP contribution is -2.36. The van der Waals surface area contributed by atoms with Gasteiger partial charge >= 0.3 is 0 Å². The molecule has 1 aliphatic rings. The van der Waals surface area contributed by atoms with E-state index in [0.717, 1.165) is 23.3 Å². The van der Waals surface area contributed by atoms with Crippen molar-refractivity contribution in [3.63, 3.8) is 0 Å². The largest absolute Gasteiger partial charge is 0.496 e. The van der Waals surface area contributed by atoms with Gasteiger partial charge in [0, 0.05) is 30.6 Å². The molecule has 7 nitrogen and oxygen atoms in total. The summed E-state index contributed by atoms with van der Waals surface area (Å²) in [6.07, 6.45) is 0.0574. The molecule has 2 unspecified atom stereocenters. The topological polar surface area (TPSA) is 80.9 Å².